The summed E-state index contributed by atoms with van der Waals surface area (Å²) in [6.45, 7) is 9.77. The highest BCUT2D eigenvalue weighted by molar-refractivity contribution is 5.98. The number of nitrogens with zero attached hydrogens (tertiary/aromatic N) is 1. The summed E-state index contributed by atoms with van der Waals surface area (Å²) in [5, 5.41) is 44.7. The topological polar surface area (TPSA) is 368 Å². The van der Waals surface area contributed by atoms with E-state index in [2.05, 4.69) is 31.9 Å². The first-order valence-corrected chi connectivity index (χ1v) is 22.5. The van der Waals surface area contributed by atoms with Crippen LogP contribution in [0, 0.1) is 17.8 Å². The van der Waals surface area contributed by atoms with E-state index < -0.39 is 126 Å². The van der Waals surface area contributed by atoms with E-state index in [9.17, 15) is 58.5 Å². The monoisotopic (exact) mass is 933 g/mol. The van der Waals surface area contributed by atoms with E-state index in [-0.39, 0.29) is 44.4 Å². The number of amides is 8. The van der Waals surface area contributed by atoms with Gasteiger partial charge in [0.05, 0.1) is 6.61 Å². The highest BCUT2D eigenvalue weighted by atomic mass is 16.4. The number of carbonyl (C=O) groups is 9. The van der Waals surface area contributed by atoms with E-state index in [1.165, 1.54) is 17.0 Å². The van der Waals surface area contributed by atoms with Gasteiger partial charge in [-0.3, -0.25) is 38.4 Å². The molecule has 22 nitrogen and oxygen atoms in total. The second-order valence-corrected chi connectivity index (χ2v) is 17.5. The summed E-state index contributed by atoms with van der Waals surface area (Å²) in [7, 11) is 0. The first-order chi connectivity index (χ1) is 31.1. The third-order valence-corrected chi connectivity index (χ3v) is 11.5. The number of benzene rings is 1. The Morgan fingerprint density at radius 3 is 1.74 bits per heavy atom. The number of unbranched alkanes of at least 4 members (excludes halogenated alkanes) is 1. The number of nitrogens with one attached hydrogen (secondary N) is 6. The van der Waals surface area contributed by atoms with Gasteiger partial charge < -0.3 is 69.3 Å². The average molecular weight is 933 g/mol. The summed E-state index contributed by atoms with van der Waals surface area (Å²) in [6, 6.07) is -4.26. The fraction of sp³-hybridized carbons (Fsp3) is 0.659. The molecular formula is C44H72N10O12. The van der Waals surface area contributed by atoms with Gasteiger partial charge in [-0.25, -0.2) is 4.79 Å². The van der Waals surface area contributed by atoms with Crippen molar-refractivity contribution in [3.63, 3.8) is 0 Å². The molecule has 0 aromatic heterocycles. The Morgan fingerprint density at radius 1 is 0.712 bits per heavy atom. The van der Waals surface area contributed by atoms with E-state index in [1.54, 1.807) is 53.7 Å². The van der Waals surface area contributed by atoms with Crippen molar-refractivity contribution in [1.29, 1.82) is 0 Å². The zero-order valence-corrected chi connectivity index (χ0v) is 38.8. The van der Waals surface area contributed by atoms with Crippen LogP contribution in [0.15, 0.2) is 24.3 Å². The van der Waals surface area contributed by atoms with Crippen molar-refractivity contribution in [2.24, 2.45) is 35.0 Å². The molecule has 370 valence electrons. The molecular weight excluding hydrogens is 861 g/mol. The number of aliphatic hydroxyl groups is 1. The molecule has 1 aliphatic heterocycles. The lowest BCUT2D eigenvalue weighted by atomic mass is 9.95. The zero-order valence-electron chi connectivity index (χ0n) is 38.8. The highest BCUT2D eigenvalue weighted by Gasteiger charge is 2.40. The number of phenolic OH excluding ortho intramolecular Hbond substituents is 1. The minimum absolute atomic E-state index is 0.0484. The summed E-state index contributed by atoms with van der Waals surface area (Å²) in [5.74, 6) is -9.12. The lowest BCUT2D eigenvalue weighted by molar-refractivity contribution is -0.149. The third-order valence-electron chi connectivity index (χ3n) is 11.5. The van der Waals surface area contributed by atoms with Gasteiger partial charge in [0.15, 0.2) is 0 Å². The Hall–Kier alpha value is -5.87. The summed E-state index contributed by atoms with van der Waals surface area (Å²) >= 11 is 0. The molecule has 0 unspecified atom stereocenters. The Morgan fingerprint density at radius 2 is 1.23 bits per heavy atom. The third kappa shape index (κ3) is 17.5. The van der Waals surface area contributed by atoms with E-state index in [0.717, 1.165) is 0 Å². The molecule has 0 saturated carbocycles. The highest BCUT2D eigenvalue weighted by Crippen LogP contribution is 2.21. The lowest BCUT2D eigenvalue weighted by Gasteiger charge is -2.31. The number of aliphatic carboxylic acids is 1. The molecule has 9 atom stereocenters. The fourth-order valence-corrected chi connectivity index (χ4v) is 7.28. The number of rotatable bonds is 28. The molecule has 0 bridgehead atoms. The predicted octanol–water partition coefficient (Wildman–Crippen LogP) is -2.01. The summed E-state index contributed by atoms with van der Waals surface area (Å²) in [5.41, 5.74) is 17.2. The van der Waals surface area contributed by atoms with Gasteiger partial charge in [0, 0.05) is 19.4 Å². The first kappa shape index (κ1) is 56.3. The Balaban J connectivity index is 2.43. The van der Waals surface area contributed by atoms with E-state index in [0.29, 0.717) is 37.8 Å². The quantitative estimate of drug-likeness (QED) is 0.0405. The Bertz CT molecular complexity index is 1830. The van der Waals surface area contributed by atoms with Crippen molar-refractivity contribution in [2.75, 3.05) is 19.7 Å². The van der Waals surface area contributed by atoms with Crippen LogP contribution in [0.1, 0.15) is 98.5 Å². The van der Waals surface area contributed by atoms with Crippen LogP contribution >= 0.6 is 0 Å². The van der Waals surface area contributed by atoms with Gasteiger partial charge in [-0.2, -0.15) is 0 Å². The van der Waals surface area contributed by atoms with Crippen LogP contribution in [0.25, 0.3) is 0 Å². The van der Waals surface area contributed by atoms with Gasteiger partial charge in [0.1, 0.15) is 54.1 Å². The van der Waals surface area contributed by atoms with E-state index in [4.69, 9.17) is 17.2 Å². The Kier molecular flexibility index (Phi) is 23.5. The van der Waals surface area contributed by atoms with Gasteiger partial charge in [0.2, 0.25) is 47.3 Å². The van der Waals surface area contributed by atoms with Crippen LogP contribution in [-0.4, -0.2) is 141 Å². The minimum Gasteiger partial charge on any atom is -0.508 e. The van der Waals surface area contributed by atoms with Gasteiger partial charge in [-0.1, -0.05) is 60.1 Å². The molecule has 15 N–H and O–H groups in total. The largest absolute Gasteiger partial charge is 0.508 e. The second kappa shape index (κ2) is 27.6. The number of carboxylic acids is 1. The fourth-order valence-electron chi connectivity index (χ4n) is 7.28. The maximum atomic E-state index is 14.2. The van der Waals surface area contributed by atoms with Crippen molar-refractivity contribution in [1.82, 2.24) is 36.8 Å². The van der Waals surface area contributed by atoms with Gasteiger partial charge >= 0.3 is 5.97 Å². The molecule has 1 aromatic rings. The molecule has 0 aliphatic carbocycles. The van der Waals surface area contributed by atoms with Crippen LogP contribution in [0.5, 0.6) is 5.75 Å². The maximum absolute atomic E-state index is 14.2. The van der Waals surface area contributed by atoms with E-state index in [1.807, 2.05) is 0 Å². The van der Waals surface area contributed by atoms with Gasteiger partial charge in [-0.05, 0) is 80.5 Å². The van der Waals surface area contributed by atoms with Crippen LogP contribution in [0.3, 0.4) is 0 Å². The number of primary amides is 1. The molecule has 1 aromatic carbocycles. The predicted molar refractivity (Wildman–Crippen MR) is 241 cm³/mol. The average Bonchev–Trinajstić information content (AvgIpc) is 3.77. The minimum atomic E-state index is -1.43. The lowest BCUT2D eigenvalue weighted by Crippen LogP contribution is -2.62. The molecule has 1 saturated heterocycles. The number of phenols is 1. The zero-order chi connectivity index (χ0) is 49.8. The number of aromatic hydroxyl groups is 1. The van der Waals surface area contributed by atoms with Gasteiger partial charge in [0.25, 0.3) is 0 Å². The number of aliphatic hydroxyl groups excluding tert-OH is 1. The molecule has 1 fully saturated rings. The number of likely N-dealkylation sites (tertiary alicyclic amines) is 1. The molecule has 0 spiro atoms. The maximum Gasteiger partial charge on any atom is 0.326 e. The molecule has 0 radical (unpaired) electrons. The van der Waals surface area contributed by atoms with Crippen molar-refractivity contribution in [3.05, 3.63) is 29.8 Å². The summed E-state index contributed by atoms with van der Waals surface area (Å²) in [4.78, 5) is 121. The Labute approximate surface area is 385 Å². The van der Waals surface area contributed by atoms with Crippen LogP contribution in [0.4, 0.5) is 0 Å². The van der Waals surface area contributed by atoms with E-state index >= 15 is 0 Å². The SMILES string of the molecule is CC[C@H](C)[C@H](NC(=O)[C@H](CCC(N)=O)NC(=O)[C@@H](NC(=O)[C@@H](N)CO)C(C)C)C(=O)N[C@H](C(=O)N[C@@H](Cc1ccc(O)cc1)C(=O)N[C@@H](CCCCN)C(=O)N1CCC[C@H]1C(=O)O)C(C)C. The number of carbonyl (C=O) groups excluding carboxylic acids is 8. The first-order valence-electron chi connectivity index (χ1n) is 22.5. The summed E-state index contributed by atoms with van der Waals surface area (Å²) in [6.07, 6.45) is 1.41. The van der Waals surface area contributed by atoms with Crippen molar-refractivity contribution >= 4 is 53.2 Å². The van der Waals surface area contributed by atoms with Crippen molar-refractivity contribution in [2.45, 2.75) is 148 Å². The smallest absolute Gasteiger partial charge is 0.326 e. The van der Waals surface area contributed by atoms with Crippen LogP contribution < -0.4 is 49.1 Å². The van der Waals surface area contributed by atoms with Gasteiger partial charge in [-0.15, -0.1) is 0 Å². The normalized spacial score (nSPS) is 17.3. The molecule has 1 heterocycles. The van der Waals surface area contributed by atoms with Crippen LogP contribution in [0.2, 0.25) is 0 Å². The molecule has 2 rings (SSSR count). The second-order valence-electron chi connectivity index (χ2n) is 17.5. The molecule has 22 heteroatoms. The number of hydrogen-bond donors (Lipinski definition) is 12. The molecule has 8 amide bonds. The molecule has 1 aliphatic rings. The van der Waals surface area contributed by atoms with Crippen molar-refractivity contribution < 1.29 is 58.5 Å². The number of nitrogens with two attached hydrogens (primary N) is 3. The molecule has 66 heavy (non-hydrogen) atoms. The standard InChI is InChI=1S/C44H72N10O12/c1-7-25(6)36(53-38(59)29(17-18-33(47)57)48-40(61)34(23(2)3)51-37(58)28(46)22-55)42(63)52-35(24(4)5)41(62)50-31(21-26-13-15-27(56)16-14-26)39(60)49-30(11-8-9-19-45)43(64)54-20-10-12-32(54)44(65)66/h13-16,23-25,28-32,34-36,55-56H,7-12,17-22,45-46H2,1-6H3,(H2,47,57)(H,48,61)(H,49,60)(H,50,62)(H,51,58)(H,52,63)(H,53,59)(H,65,66)/t25-,28-,29-,30-,31-,32-,34-,35-,36-/m0/s1. The number of hydrogen-bond acceptors (Lipinski definition) is 13. The van der Waals surface area contributed by atoms with Crippen molar-refractivity contribution in [3.8, 4) is 5.75 Å². The number of carboxylic acid groups (broad SMARTS) is 1. The summed E-state index contributed by atoms with van der Waals surface area (Å²) < 4.78 is 0. The van der Waals surface area contributed by atoms with Crippen LogP contribution in [-0.2, 0) is 49.6 Å².